The molecule has 0 radical (unpaired) electrons. The lowest BCUT2D eigenvalue weighted by molar-refractivity contribution is 0.1000. The van der Waals surface area contributed by atoms with Crippen molar-refractivity contribution in [2.75, 3.05) is 33.0 Å². The number of aromatic nitrogens is 4. The molecule has 1 saturated heterocycles. The van der Waals surface area contributed by atoms with Crippen LogP contribution in [0.15, 0.2) is 72.8 Å². The normalized spacial score (nSPS) is 16.7. The molecule has 0 aliphatic carbocycles. The molecule has 0 amide bonds. The van der Waals surface area contributed by atoms with E-state index >= 15 is 0 Å². The van der Waals surface area contributed by atoms with Crippen LogP contribution in [0, 0.1) is 6.92 Å². The fourth-order valence-electron chi connectivity index (χ4n) is 5.20. The average molecular weight is 497 g/mol. The van der Waals surface area contributed by atoms with Gasteiger partial charge in [-0.2, -0.15) is 0 Å². The highest BCUT2D eigenvalue weighted by atomic mass is 16.7. The third kappa shape index (κ3) is 5.35. The van der Waals surface area contributed by atoms with Gasteiger partial charge in [0.2, 0.25) is 6.79 Å². The van der Waals surface area contributed by atoms with Gasteiger partial charge in [0.25, 0.3) is 0 Å². The zero-order chi connectivity index (χ0) is 25.0. The van der Waals surface area contributed by atoms with Gasteiger partial charge >= 0.3 is 0 Å². The Morgan fingerprint density at radius 1 is 0.838 bits per heavy atom. The van der Waals surface area contributed by atoms with Crippen molar-refractivity contribution in [2.24, 2.45) is 0 Å². The number of hydrogen-bond donors (Lipinski definition) is 0. The number of rotatable bonds is 8. The van der Waals surface area contributed by atoms with E-state index in [1.807, 2.05) is 16.8 Å². The number of aryl methyl sites for hydroxylation is 3. The summed E-state index contributed by atoms with van der Waals surface area (Å²) in [5.74, 6) is 2.58. The van der Waals surface area contributed by atoms with E-state index in [0.717, 1.165) is 63.0 Å². The Bertz CT molecular complexity index is 1320. The van der Waals surface area contributed by atoms with E-state index < -0.39 is 0 Å². The molecule has 2 aliphatic rings. The van der Waals surface area contributed by atoms with Crippen LogP contribution in [0.4, 0.5) is 0 Å². The van der Waals surface area contributed by atoms with Crippen molar-refractivity contribution in [1.82, 2.24) is 30.0 Å². The Hall–Kier alpha value is -3.75. The molecule has 8 heteroatoms. The van der Waals surface area contributed by atoms with Gasteiger partial charge in [-0.05, 0) is 52.6 Å². The van der Waals surface area contributed by atoms with Gasteiger partial charge in [-0.25, -0.2) is 4.68 Å². The minimum absolute atomic E-state index is 0.0130. The molecule has 8 nitrogen and oxygen atoms in total. The van der Waals surface area contributed by atoms with E-state index in [-0.39, 0.29) is 6.04 Å². The van der Waals surface area contributed by atoms with Crippen molar-refractivity contribution in [1.29, 1.82) is 0 Å². The molecule has 0 N–H and O–H groups in total. The zero-order valence-corrected chi connectivity index (χ0v) is 21.2. The summed E-state index contributed by atoms with van der Waals surface area (Å²) < 4.78 is 13.0. The molecule has 6 rings (SSSR count). The van der Waals surface area contributed by atoms with Crippen LogP contribution in [0.3, 0.4) is 0 Å². The second kappa shape index (κ2) is 10.7. The number of piperazine rings is 1. The second-order valence-electron chi connectivity index (χ2n) is 9.81. The van der Waals surface area contributed by atoms with Gasteiger partial charge in [0.1, 0.15) is 0 Å². The summed E-state index contributed by atoms with van der Waals surface area (Å²) in [6, 6.07) is 25.6. The summed E-state index contributed by atoms with van der Waals surface area (Å²) in [6.07, 6.45) is 0.892. The summed E-state index contributed by atoms with van der Waals surface area (Å²) in [6.45, 7) is 7.90. The van der Waals surface area contributed by atoms with Crippen molar-refractivity contribution in [2.45, 2.75) is 32.5 Å². The summed E-state index contributed by atoms with van der Waals surface area (Å²) >= 11 is 0. The average Bonchev–Trinajstić information content (AvgIpc) is 3.60. The van der Waals surface area contributed by atoms with Crippen LogP contribution in [0.2, 0.25) is 0 Å². The molecule has 37 heavy (non-hydrogen) atoms. The molecular weight excluding hydrogens is 464 g/mol. The summed E-state index contributed by atoms with van der Waals surface area (Å²) in [4.78, 5) is 5.02. The van der Waals surface area contributed by atoms with E-state index in [9.17, 15) is 0 Å². The topological polar surface area (TPSA) is 68.5 Å². The van der Waals surface area contributed by atoms with Crippen molar-refractivity contribution in [3.63, 3.8) is 0 Å². The van der Waals surface area contributed by atoms with Crippen LogP contribution < -0.4 is 9.47 Å². The van der Waals surface area contributed by atoms with E-state index in [2.05, 4.69) is 92.9 Å². The third-order valence-electron chi connectivity index (χ3n) is 7.27. The number of hydrogen-bond acceptors (Lipinski definition) is 7. The minimum atomic E-state index is 0.0130. The molecular formula is C29H32N6O2. The van der Waals surface area contributed by atoms with Gasteiger partial charge in [0.15, 0.2) is 17.3 Å². The van der Waals surface area contributed by atoms with Crippen molar-refractivity contribution in [3.05, 3.63) is 101 Å². The third-order valence-corrected chi connectivity index (χ3v) is 7.27. The zero-order valence-electron chi connectivity index (χ0n) is 21.2. The molecule has 3 heterocycles. The summed E-state index contributed by atoms with van der Waals surface area (Å²) in [5.41, 5.74) is 5.01. The maximum atomic E-state index is 5.56. The van der Waals surface area contributed by atoms with Gasteiger partial charge < -0.3 is 9.47 Å². The Kier molecular flexibility index (Phi) is 6.84. The second-order valence-corrected chi connectivity index (χ2v) is 9.81. The van der Waals surface area contributed by atoms with E-state index in [1.54, 1.807) is 0 Å². The number of nitrogens with zero attached hydrogens (tertiary/aromatic N) is 6. The van der Waals surface area contributed by atoms with Crippen LogP contribution in [0.1, 0.15) is 34.1 Å². The van der Waals surface area contributed by atoms with E-state index in [0.29, 0.717) is 6.79 Å². The minimum Gasteiger partial charge on any atom is -0.454 e. The standard InChI is InChI=1S/C29H32N6O2/c1-22-7-10-25(11-8-22)28(29-30-31-32-35(29)14-13-23-5-3-2-4-6-23)34-17-15-33(16-18-34)20-24-9-12-26-27(19-24)37-21-36-26/h2-12,19,28H,13-18,20-21H2,1H3. The van der Waals surface area contributed by atoms with Crippen LogP contribution in [0.25, 0.3) is 0 Å². The number of fused-ring (bicyclic) bond motifs is 1. The molecule has 4 aromatic rings. The first-order valence-electron chi connectivity index (χ1n) is 12.9. The Morgan fingerprint density at radius 2 is 1.62 bits per heavy atom. The number of ether oxygens (including phenoxy) is 2. The van der Waals surface area contributed by atoms with Crippen molar-refractivity contribution in [3.8, 4) is 11.5 Å². The van der Waals surface area contributed by atoms with Crippen LogP contribution in [-0.4, -0.2) is 63.0 Å². The molecule has 190 valence electrons. The summed E-state index contributed by atoms with van der Waals surface area (Å²) in [5, 5.41) is 13.0. The lowest BCUT2D eigenvalue weighted by Crippen LogP contribution is -2.48. The number of tetrazole rings is 1. The lowest BCUT2D eigenvalue weighted by Gasteiger charge is -2.39. The van der Waals surface area contributed by atoms with E-state index in [1.165, 1.54) is 22.3 Å². The molecule has 1 atom stereocenters. The molecule has 1 aromatic heterocycles. The smallest absolute Gasteiger partial charge is 0.231 e. The number of benzene rings is 3. The van der Waals surface area contributed by atoms with Gasteiger partial charge in [-0.1, -0.05) is 66.2 Å². The van der Waals surface area contributed by atoms with Gasteiger partial charge in [0, 0.05) is 39.3 Å². The first kappa shape index (κ1) is 23.6. The highest BCUT2D eigenvalue weighted by Gasteiger charge is 2.30. The van der Waals surface area contributed by atoms with Crippen LogP contribution in [0.5, 0.6) is 11.5 Å². The summed E-state index contributed by atoms with van der Waals surface area (Å²) in [7, 11) is 0. The molecule has 0 spiro atoms. The predicted octanol–water partition coefficient (Wildman–Crippen LogP) is 3.86. The Balaban J connectivity index is 1.18. The van der Waals surface area contributed by atoms with E-state index in [4.69, 9.17) is 9.47 Å². The van der Waals surface area contributed by atoms with Crippen LogP contribution >= 0.6 is 0 Å². The molecule has 2 aliphatic heterocycles. The van der Waals surface area contributed by atoms with Crippen molar-refractivity contribution < 1.29 is 9.47 Å². The fraction of sp³-hybridized carbons (Fsp3) is 0.345. The first-order chi connectivity index (χ1) is 18.2. The molecule has 0 bridgehead atoms. The fourth-order valence-corrected chi connectivity index (χ4v) is 5.20. The highest BCUT2D eigenvalue weighted by Crippen LogP contribution is 2.33. The van der Waals surface area contributed by atoms with Gasteiger partial charge in [-0.15, -0.1) is 5.10 Å². The van der Waals surface area contributed by atoms with Gasteiger partial charge in [-0.3, -0.25) is 9.80 Å². The molecule has 3 aromatic carbocycles. The molecule has 1 unspecified atom stereocenters. The molecule has 0 saturated carbocycles. The largest absolute Gasteiger partial charge is 0.454 e. The maximum absolute atomic E-state index is 5.56. The first-order valence-corrected chi connectivity index (χ1v) is 12.9. The predicted molar refractivity (Wildman–Crippen MR) is 140 cm³/mol. The maximum Gasteiger partial charge on any atom is 0.231 e. The quantitative estimate of drug-likeness (QED) is 0.367. The highest BCUT2D eigenvalue weighted by molar-refractivity contribution is 5.44. The Labute approximate surface area is 217 Å². The van der Waals surface area contributed by atoms with Gasteiger partial charge in [0.05, 0.1) is 6.04 Å². The SMILES string of the molecule is Cc1ccc(C(c2nnnn2CCc2ccccc2)N2CCN(Cc3ccc4c(c3)OCO4)CC2)cc1. The Morgan fingerprint density at radius 3 is 2.43 bits per heavy atom. The lowest BCUT2D eigenvalue weighted by atomic mass is 10.0. The van der Waals surface area contributed by atoms with Crippen molar-refractivity contribution >= 4 is 0 Å². The molecule has 1 fully saturated rings. The monoisotopic (exact) mass is 496 g/mol. The van der Waals surface area contributed by atoms with Crippen LogP contribution in [-0.2, 0) is 19.5 Å².